The van der Waals surface area contributed by atoms with Gasteiger partial charge in [0.25, 0.3) is 9.57 Å². The molecule has 106 valence electrons. The van der Waals surface area contributed by atoms with Gasteiger partial charge in [-0.3, -0.25) is 4.79 Å². The van der Waals surface area contributed by atoms with Gasteiger partial charge in [-0.25, -0.2) is 0 Å². The second-order valence-electron chi connectivity index (χ2n) is 3.96. The Balaban J connectivity index is 3.21. The molecule has 0 heterocycles. The van der Waals surface area contributed by atoms with Gasteiger partial charge in [0.2, 0.25) is 0 Å². The van der Waals surface area contributed by atoms with Crippen LogP contribution < -0.4 is 4.90 Å². The van der Waals surface area contributed by atoms with Gasteiger partial charge in [0.1, 0.15) is 0 Å². The maximum absolute atomic E-state index is 12.3. The van der Waals surface area contributed by atoms with Crippen molar-refractivity contribution >= 4 is 79.7 Å². The lowest BCUT2D eigenvalue weighted by Gasteiger charge is -2.30. The van der Waals surface area contributed by atoms with Crippen LogP contribution in [0, 0.1) is 0 Å². The molecule has 19 heavy (non-hydrogen) atoms. The lowest BCUT2D eigenvalue weighted by Crippen LogP contribution is -2.44. The highest BCUT2D eigenvalue weighted by atomic mass is 35.7. The highest BCUT2D eigenvalue weighted by Gasteiger charge is 2.39. The standard InChI is InChI=1S/C11H10Cl5NOS/c1-6(2)17(10(18)11(14,15)19-16)7-3-4-8(12)9(13)5-7/h3-6H,1-2H3. The molecule has 0 aliphatic rings. The van der Waals surface area contributed by atoms with Crippen LogP contribution in [-0.2, 0) is 4.79 Å². The maximum Gasteiger partial charge on any atom is 0.275 e. The average Bonchev–Trinajstić information content (AvgIpc) is 2.33. The van der Waals surface area contributed by atoms with Crippen LogP contribution in [0.25, 0.3) is 0 Å². The monoisotopic (exact) mass is 379 g/mol. The van der Waals surface area contributed by atoms with Crippen LogP contribution >= 0.6 is 68.1 Å². The minimum atomic E-state index is -1.77. The molecule has 0 saturated heterocycles. The van der Waals surface area contributed by atoms with Crippen molar-refractivity contribution in [3.63, 3.8) is 0 Å². The first kappa shape index (κ1) is 17.5. The quantitative estimate of drug-likeness (QED) is 0.619. The van der Waals surface area contributed by atoms with E-state index in [1.807, 2.05) is 13.8 Å². The van der Waals surface area contributed by atoms with E-state index in [1.165, 1.54) is 4.90 Å². The highest BCUT2D eigenvalue weighted by Crippen LogP contribution is 2.41. The Morgan fingerprint density at radius 1 is 1.26 bits per heavy atom. The highest BCUT2D eigenvalue weighted by molar-refractivity contribution is 8.24. The van der Waals surface area contributed by atoms with Crippen molar-refractivity contribution < 1.29 is 4.79 Å². The second kappa shape index (κ2) is 6.97. The van der Waals surface area contributed by atoms with Crippen LogP contribution in [0.3, 0.4) is 0 Å². The molecule has 0 unspecified atom stereocenters. The summed E-state index contributed by atoms with van der Waals surface area (Å²) in [5.41, 5.74) is 0.547. The summed E-state index contributed by atoms with van der Waals surface area (Å²) in [7, 11) is 6.07. The first-order valence-electron chi connectivity index (χ1n) is 5.17. The number of hydrogen-bond acceptors (Lipinski definition) is 2. The lowest BCUT2D eigenvalue weighted by atomic mass is 10.2. The molecule has 0 N–H and O–H groups in total. The van der Waals surface area contributed by atoms with E-state index in [4.69, 9.17) is 57.1 Å². The first-order chi connectivity index (χ1) is 8.70. The normalized spacial score (nSPS) is 11.8. The van der Waals surface area contributed by atoms with Crippen molar-refractivity contribution in [3.8, 4) is 0 Å². The number of rotatable bonds is 4. The predicted molar refractivity (Wildman–Crippen MR) is 87.0 cm³/mol. The van der Waals surface area contributed by atoms with E-state index in [9.17, 15) is 4.79 Å². The van der Waals surface area contributed by atoms with E-state index in [0.717, 1.165) is 0 Å². The summed E-state index contributed by atoms with van der Waals surface area (Å²) in [6.45, 7) is 3.65. The van der Waals surface area contributed by atoms with E-state index >= 15 is 0 Å². The van der Waals surface area contributed by atoms with Gasteiger partial charge in [0, 0.05) is 11.7 Å². The van der Waals surface area contributed by atoms with Crippen LogP contribution in [0.15, 0.2) is 18.2 Å². The van der Waals surface area contributed by atoms with Crippen LogP contribution in [0.1, 0.15) is 13.8 Å². The van der Waals surface area contributed by atoms with Crippen molar-refractivity contribution in [2.45, 2.75) is 23.6 Å². The third-order valence-corrected chi connectivity index (χ3v) is 5.32. The molecule has 1 amide bonds. The van der Waals surface area contributed by atoms with Crippen molar-refractivity contribution in [2.24, 2.45) is 0 Å². The number of anilines is 1. The Hall–Kier alpha value is 0.490. The van der Waals surface area contributed by atoms with E-state index in [2.05, 4.69) is 0 Å². The zero-order chi connectivity index (χ0) is 14.8. The van der Waals surface area contributed by atoms with Crippen molar-refractivity contribution in [1.82, 2.24) is 0 Å². The molecule has 0 aliphatic carbocycles. The summed E-state index contributed by atoms with van der Waals surface area (Å²) >= 11 is 23.6. The summed E-state index contributed by atoms with van der Waals surface area (Å²) in [4.78, 5) is 13.7. The largest absolute Gasteiger partial charge is 0.306 e. The molecule has 1 aromatic rings. The zero-order valence-electron chi connectivity index (χ0n) is 9.96. The maximum atomic E-state index is 12.3. The molecule has 0 radical (unpaired) electrons. The molecule has 8 heteroatoms. The van der Waals surface area contributed by atoms with Crippen LogP contribution in [0.4, 0.5) is 5.69 Å². The number of amides is 1. The molecule has 0 fully saturated rings. The molecule has 2 nitrogen and oxygen atoms in total. The Morgan fingerprint density at radius 3 is 2.26 bits per heavy atom. The van der Waals surface area contributed by atoms with Gasteiger partial charge in [-0.05, 0) is 53.7 Å². The number of carbonyl (C=O) groups excluding carboxylic acids is 1. The van der Waals surface area contributed by atoms with Crippen molar-refractivity contribution in [3.05, 3.63) is 28.2 Å². The van der Waals surface area contributed by atoms with E-state index in [1.54, 1.807) is 18.2 Å². The number of benzene rings is 1. The topological polar surface area (TPSA) is 20.3 Å². The second-order valence-corrected chi connectivity index (χ2v) is 7.78. The lowest BCUT2D eigenvalue weighted by molar-refractivity contribution is -0.117. The van der Waals surface area contributed by atoms with Crippen molar-refractivity contribution in [1.29, 1.82) is 0 Å². The molecule has 0 aliphatic heterocycles. The molecule has 0 aromatic heterocycles. The van der Waals surface area contributed by atoms with Crippen LogP contribution in [0.5, 0.6) is 0 Å². The molecule has 0 bridgehead atoms. The van der Waals surface area contributed by atoms with E-state index in [0.29, 0.717) is 26.7 Å². The van der Waals surface area contributed by atoms with E-state index < -0.39 is 9.57 Å². The number of hydrogen-bond donors (Lipinski definition) is 0. The van der Waals surface area contributed by atoms with Gasteiger partial charge in [0.05, 0.1) is 10.0 Å². The smallest absolute Gasteiger partial charge is 0.275 e. The molecule has 0 spiro atoms. The SMILES string of the molecule is CC(C)N(C(=O)C(Cl)(Cl)SCl)c1ccc(Cl)c(Cl)c1. The van der Waals surface area contributed by atoms with Gasteiger partial charge >= 0.3 is 0 Å². The van der Waals surface area contributed by atoms with Gasteiger partial charge < -0.3 is 4.90 Å². The van der Waals surface area contributed by atoms with Crippen LogP contribution in [-0.4, -0.2) is 15.6 Å². The number of alkyl halides is 2. The van der Waals surface area contributed by atoms with E-state index in [-0.39, 0.29) is 6.04 Å². The molecule has 1 rings (SSSR count). The number of halogens is 5. The fraction of sp³-hybridized carbons (Fsp3) is 0.364. The molecule has 1 aromatic carbocycles. The average molecular weight is 382 g/mol. The summed E-state index contributed by atoms with van der Waals surface area (Å²) in [6, 6.07) is 4.66. The summed E-state index contributed by atoms with van der Waals surface area (Å²) in [6.07, 6.45) is 0. The van der Waals surface area contributed by atoms with Gasteiger partial charge in [0.15, 0.2) is 0 Å². The molecular formula is C11H10Cl5NOS. The minimum absolute atomic E-state index is 0.176. The van der Waals surface area contributed by atoms with Gasteiger partial charge in [-0.1, -0.05) is 46.4 Å². The third-order valence-electron chi connectivity index (χ3n) is 2.26. The summed E-state index contributed by atoms with van der Waals surface area (Å²) in [5.74, 6) is -0.538. The molecule has 0 saturated carbocycles. The van der Waals surface area contributed by atoms with Crippen LogP contribution in [0.2, 0.25) is 10.0 Å². The summed E-state index contributed by atoms with van der Waals surface area (Å²) < 4.78 is -1.77. The Bertz CT molecular complexity index is 480. The van der Waals surface area contributed by atoms with Gasteiger partial charge in [-0.15, -0.1) is 0 Å². The Morgan fingerprint density at radius 2 is 1.84 bits per heavy atom. The first-order valence-corrected chi connectivity index (χ1v) is 8.32. The number of carbonyl (C=O) groups is 1. The fourth-order valence-electron chi connectivity index (χ4n) is 1.46. The summed E-state index contributed by atoms with van der Waals surface area (Å²) in [5, 5.41) is 0.738. The number of nitrogens with zero attached hydrogens (tertiary/aromatic N) is 1. The predicted octanol–water partition coefficient (Wildman–Crippen LogP) is 5.75. The fourth-order valence-corrected chi connectivity index (χ4v) is 2.29. The molecule has 0 atom stereocenters. The van der Waals surface area contributed by atoms with Gasteiger partial charge in [-0.2, -0.15) is 0 Å². The van der Waals surface area contributed by atoms with Crippen molar-refractivity contribution in [2.75, 3.05) is 4.90 Å². The Labute approximate surface area is 140 Å². The molecular weight excluding hydrogens is 371 g/mol. The minimum Gasteiger partial charge on any atom is -0.306 e. The third kappa shape index (κ3) is 4.23. The Kier molecular flexibility index (Phi) is 6.43. The zero-order valence-corrected chi connectivity index (χ0v) is 14.6.